The minimum Gasteiger partial charge on any atom is -0.494 e. The molecule has 1 heterocycles. The van der Waals surface area contributed by atoms with Crippen molar-refractivity contribution in [2.24, 2.45) is 0 Å². The van der Waals surface area contributed by atoms with Crippen molar-refractivity contribution in [3.63, 3.8) is 0 Å². The van der Waals surface area contributed by atoms with E-state index in [1.54, 1.807) is 0 Å². The van der Waals surface area contributed by atoms with E-state index in [9.17, 15) is 4.79 Å². The number of halogens is 1. The molecule has 0 unspecified atom stereocenters. The summed E-state index contributed by atoms with van der Waals surface area (Å²) in [5.41, 5.74) is 4.76. The van der Waals surface area contributed by atoms with E-state index in [0.717, 1.165) is 33.8 Å². The number of hydrogen-bond donors (Lipinski definition) is 1. The van der Waals surface area contributed by atoms with Crippen LogP contribution in [0.4, 0.5) is 5.69 Å². The molecule has 4 rings (SSSR count). The van der Waals surface area contributed by atoms with Gasteiger partial charge in [0.25, 0.3) is 0 Å². The van der Waals surface area contributed by atoms with Crippen LogP contribution in [0.1, 0.15) is 18.1 Å². The first-order valence-electron chi connectivity index (χ1n) is 10.9. The summed E-state index contributed by atoms with van der Waals surface area (Å²) in [4.78, 5) is 12.7. The average Bonchev–Trinajstić information content (AvgIpc) is 3.26. The third-order valence-electron chi connectivity index (χ3n) is 5.35. The van der Waals surface area contributed by atoms with Crippen molar-refractivity contribution < 1.29 is 9.53 Å². The second-order valence-corrected chi connectivity index (χ2v) is 9.04. The minimum atomic E-state index is -0.104. The fourth-order valence-electron chi connectivity index (χ4n) is 3.44. The van der Waals surface area contributed by atoms with E-state index >= 15 is 0 Å². The van der Waals surface area contributed by atoms with Crippen molar-refractivity contribution in [3.8, 4) is 22.8 Å². The van der Waals surface area contributed by atoms with Gasteiger partial charge in [0.05, 0.1) is 12.4 Å². The van der Waals surface area contributed by atoms with Crippen molar-refractivity contribution in [1.29, 1.82) is 0 Å². The summed E-state index contributed by atoms with van der Waals surface area (Å²) in [5, 5.41) is 13.1. The molecular weight excluding hydrogens is 468 g/mol. The quantitative estimate of drug-likeness (QED) is 0.291. The normalized spacial score (nSPS) is 10.8. The number of ether oxygens (including phenoxy) is 1. The zero-order valence-electron chi connectivity index (χ0n) is 19.2. The molecule has 0 fully saturated rings. The van der Waals surface area contributed by atoms with Crippen LogP contribution in [0, 0.1) is 13.8 Å². The molecule has 8 heteroatoms. The fourth-order valence-corrected chi connectivity index (χ4v) is 4.32. The smallest absolute Gasteiger partial charge is 0.234 e. The Morgan fingerprint density at radius 1 is 1.03 bits per heavy atom. The summed E-state index contributed by atoms with van der Waals surface area (Å²) in [7, 11) is 0. The zero-order valence-corrected chi connectivity index (χ0v) is 20.8. The molecule has 0 saturated heterocycles. The largest absolute Gasteiger partial charge is 0.494 e. The summed E-state index contributed by atoms with van der Waals surface area (Å²) >= 11 is 7.41. The Morgan fingerprint density at radius 2 is 1.76 bits per heavy atom. The summed E-state index contributed by atoms with van der Waals surface area (Å²) < 4.78 is 7.52. The Kier molecular flexibility index (Phi) is 7.55. The van der Waals surface area contributed by atoms with Crippen LogP contribution in [-0.4, -0.2) is 33.0 Å². The van der Waals surface area contributed by atoms with Gasteiger partial charge in [-0.3, -0.25) is 9.36 Å². The van der Waals surface area contributed by atoms with Gasteiger partial charge in [0.1, 0.15) is 5.75 Å². The topological polar surface area (TPSA) is 69.0 Å². The first kappa shape index (κ1) is 23.9. The summed E-state index contributed by atoms with van der Waals surface area (Å²) in [6.45, 7) is 6.57. The van der Waals surface area contributed by atoms with E-state index in [2.05, 4.69) is 15.5 Å². The molecule has 4 aromatic rings. The monoisotopic (exact) mass is 492 g/mol. The maximum Gasteiger partial charge on any atom is 0.234 e. The molecule has 34 heavy (non-hydrogen) atoms. The van der Waals surface area contributed by atoms with Crippen molar-refractivity contribution in [3.05, 3.63) is 82.9 Å². The molecule has 0 aliphatic rings. The lowest BCUT2D eigenvalue weighted by Crippen LogP contribution is -2.15. The van der Waals surface area contributed by atoms with Gasteiger partial charge < -0.3 is 10.1 Å². The van der Waals surface area contributed by atoms with Gasteiger partial charge in [0.2, 0.25) is 5.91 Å². The van der Waals surface area contributed by atoms with Crippen molar-refractivity contribution in [2.45, 2.75) is 25.9 Å². The molecule has 1 N–H and O–H groups in total. The highest BCUT2D eigenvalue weighted by atomic mass is 35.5. The standard InChI is InChI=1S/C26H25ClN4O2S/c1-4-33-22-14-12-21(13-15-22)31-25(19-8-10-20(27)11-9-19)29-30-26(31)34-16-24(32)28-23-7-5-6-17(2)18(23)3/h5-15H,4,16H2,1-3H3,(H,28,32). The highest BCUT2D eigenvalue weighted by Crippen LogP contribution is 2.30. The van der Waals surface area contributed by atoms with Gasteiger partial charge >= 0.3 is 0 Å². The van der Waals surface area contributed by atoms with Gasteiger partial charge in [-0.05, 0) is 86.5 Å². The number of nitrogens with zero attached hydrogens (tertiary/aromatic N) is 3. The molecule has 0 aliphatic heterocycles. The molecule has 3 aromatic carbocycles. The van der Waals surface area contributed by atoms with Gasteiger partial charge in [0.15, 0.2) is 11.0 Å². The number of amides is 1. The van der Waals surface area contributed by atoms with Gasteiger partial charge in [-0.25, -0.2) is 0 Å². The number of anilines is 1. The number of carbonyl (C=O) groups excluding carboxylic acids is 1. The molecule has 0 atom stereocenters. The maximum absolute atomic E-state index is 12.7. The second kappa shape index (κ2) is 10.8. The molecule has 0 bridgehead atoms. The average molecular weight is 493 g/mol. The predicted octanol–water partition coefficient (Wildman–Crippen LogP) is 6.33. The van der Waals surface area contributed by atoms with E-state index in [4.69, 9.17) is 16.3 Å². The SMILES string of the molecule is CCOc1ccc(-n2c(SCC(=O)Nc3cccc(C)c3C)nnc2-c2ccc(Cl)cc2)cc1. The van der Waals surface area contributed by atoms with Crippen LogP contribution in [0.3, 0.4) is 0 Å². The lowest BCUT2D eigenvalue weighted by Gasteiger charge is -2.12. The van der Waals surface area contributed by atoms with Crippen LogP contribution in [0.25, 0.3) is 17.1 Å². The van der Waals surface area contributed by atoms with Crippen LogP contribution in [0.2, 0.25) is 5.02 Å². The van der Waals surface area contributed by atoms with Crippen LogP contribution in [-0.2, 0) is 4.79 Å². The molecule has 174 valence electrons. The van der Waals surface area contributed by atoms with E-state index in [0.29, 0.717) is 22.6 Å². The summed E-state index contributed by atoms with van der Waals surface area (Å²) in [6, 6.07) is 21.0. The molecule has 1 aromatic heterocycles. The lowest BCUT2D eigenvalue weighted by molar-refractivity contribution is -0.113. The Bertz CT molecular complexity index is 1290. The summed E-state index contributed by atoms with van der Waals surface area (Å²) in [5.74, 6) is 1.55. The van der Waals surface area contributed by atoms with E-state index in [1.807, 2.05) is 92.1 Å². The van der Waals surface area contributed by atoms with E-state index in [1.165, 1.54) is 11.8 Å². The van der Waals surface area contributed by atoms with E-state index in [-0.39, 0.29) is 11.7 Å². The number of aryl methyl sites for hydroxylation is 1. The number of nitrogens with one attached hydrogen (secondary N) is 1. The molecule has 6 nitrogen and oxygen atoms in total. The van der Waals surface area contributed by atoms with Crippen LogP contribution in [0.5, 0.6) is 5.75 Å². The highest BCUT2D eigenvalue weighted by molar-refractivity contribution is 7.99. The first-order chi connectivity index (χ1) is 16.5. The first-order valence-corrected chi connectivity index (χ1v) is 12.3. The third kappa shape index (κ3) is 5.43. The van der Waals surface area contributed by atoms with Crippen molar-refractivity contribution in [1.82, 2.24) is 14.8 Å². The van der Waals surface area contributed by atoms with E-state index < -0.39 is 0 Å². The van der Waals surface area contributed by atoms with Crippen molar-refractivity contribution in [2.75, 3.05) is 17.7 Å². The van der Waals surface area contributed by atoms with Crippen LogP contribution < -0.4 is 10.1 Å². The number of rotatable bonds is 8. The molecule has 0 aliphatic carbocycles. The maximum atomic E-state index is 12.7. The second-order valence-electron chi connectivity index (χ2n) is 7.66. The van der Waals surface area contributed by atoms with Crippen molar-refractivity contribution >= 4 is 35.0 Å². The molecule has 0 radical (unpaired) electrons. The zero-order chi connectivity index (χ0) is 24.1. The summed E-state index contributed by atoms with van der Waals surface area (Å²) in [6.07, 6.45) is 0. The Balaban J connectivity index is 1.61. The number of hydrogen-bond acceptors (Lipinski definition) is 5. The minimum absolute atomic E-state index is 0.104. The van der Waals surface area contributed by atoms with Crippen LogP contribution in [0.15, 0.2) is 71.9 Å². The number of thioether (sulfide) groups is 1. The van der Waals surface area contributed by atoms with Gasteiger partial charge in [-0.2, -0.15) is 0 Å². The highest BCUT2D eigenvalue weighted by Gasteiger charge is 2.18. The Morgan fingerprint density at radius 3 is 2.47 bits per heavy atom. The van der Waals surface area contributed by atoms with Gasteiger partial charge in [-0.1, -0.05) is 35.5 Å². The number of aromatic nitrogens is 3. The Hall–Kier alpha value is -3.29. The third-order valence-corrected chi connectivity index (χ3v) is 6.53. The fraction of sp³-hybridized carbons (Fsp3) is 0.192. The molecule has 0 saturated carbocycles. The number of carbonyl (C=O) groups is 1. The van der Waals surface area contributed by atoms with Gasteiger partial charge in [0, 0.05) is 22.0 Å². The number of benzene rings is 3. The molecule has 0 spiro atoms. The lowest BCUT2D eigenvalue weighted by atomic mass is 10.1. The van der Waals surface area contributed by atoms with Crippen LogP contribution >= 0.6 is 23.4 Å². The predicted molar refractivity (Wildman–Crippen MR) is 138 cm³/mol. The molecular formula is C26H25ClN4O2S. The Labute approximate surface area is 208 Å². The molecule has 1 amide bonds. The van der Waals surface area contributed by atoms with Gasteiger partial charge in [-0.15, -0.1) is 10.2 Å².